The molecule has 0 aliphatic rings. The van der Waals surface area contributed by atoms with E-state index in [4.69, 9.17) is 0 Å². The van der Waals surface area contributed by atoms with Gasteiger partial charge in [0.2, 0.25) is 0 Å². The average molecular weight is 442 g/mol. The Labute approximate surface area is 193 Å². The van der Waals surface area contributed by atoms with Crippen molar-refractivity contribution in [2.75, 3.05) is 16.0 Å². The van der Waals surface area contributed by atoms with Crippen LogP contribution in [-0.4, -0.2) is 26.0 Å². The van der Waals surface area contributed by atoms with Crippen LogP contribution < -0.4 is 16.0 Å². The van der Waals surface area contributed by atoms with E-state index in [1.165, 1.54) is 0 Å². The van der Waals surface area contributed by atoms with Gasteiger partial charge in [-0.3, -0.25) is 0 Å². The van der Waals surface area contributed by atoms with Crippen LogP contribution in [-0.2, 0) is 6.42 Å². The number of urea groups is 1. The Bertz CT molecular complexity index is 1260. The van der Waals surface area contributed by atoms with Crippen LogP contribution in [0.5, 0.6) is 0 Å². The van der Waals surface area contributed by atoms with Crippen molar-refractivity contribution < 1.29 is 4.79 Å². The number of hydrogen-bond donors (Lipinski definition) is 3. The van der Waals surface area contributed by atoms with Gasteiger partial charge in [-0.05, 0) is 80.8 Å². The largest absolute Gasteiger partial charge is 0.339 e. The zero-order valence-corrected chi connectivity index (χ0v) is 19.2. The molecule has 0 radical (unpaired) electrons. The van der Waals surface area contributed by atoms with Crippen molar-refractivity contribution in [3.05, 3.63) is 83.2 Å². The first-order chi connectivity index (χ1) is 15.9. The third-order valence-corrected chi connectivity index (χ3v) is 5.58. The number of nitrogens with zero attached hydrogens (tertiary/aromatic N) is 4. The molecule has 0 saturated heterocycles. The summed E-state index contributed by atoms with van der Waals surface area (Å²) in [7, 11) is 0. The third-order valence-electron chi connectivity index (χ3n) is 5.58. The molecule has 4 rings (SSSR count). The summed E-state index contributed by atoms with van der Waals surface area (Å²) in [5, 5.41) is 22.0. The van der Waals surface area contributed by atoms with Crippen LogP contribution in [0, 0.1) is 20.8 Å². The van der Waals surface area contributed by atoms with E-state index < -0.39 is 0 Å². The highest BCUT2D eigenvalue weighted by atomic mass is 16.2. The number of benzene rings is 2. The van der Waals surface area contributed by atoms with E-state index in [0.717, 1.165) is 40.3 Å². The number of hydrogen-bond acceptors (Lipinski definition) is 5. The highest BCUT2D eigenvalue weighted by Gasteiger charge is 2.11. The highest BCUT2D eigenvalue weighted by Crippen LogP contribution is 2.20. The molecule has 0 fully saturated rings. The molecule has 8 heteroatoms. The number of anilines is 4. The number of aryl methyl sites for hydroxylation is 2. The summed E-state index contributed by atoms with van der Waals surface area (Å²) in [5.74, 6) is 1.29. The minimum Gasteiger partial charge on any atom is -0.339 e. The topological polar surface area (TPSA) is 96.8 Å². The number of amides is 2. The lowest BCUT2D eigenvalue weighted by molar-refractivity contribution is 0.262. The molecule has 0 aliphatic carbocycles. The Balaban J connectivity index is 1.37. The molecule has 0 atom stereocenters. The summed E-state index contributed by atoms with van der Waals surface area (Å²) < 4.78 is 1.80. The van der Waals surface area contributed by atoms with Gasteiger partial charge in [0, 0.05) is 22.8 Å². The maximum absolute atomic E-state index is 12.4. The standard InChI is InChI=1S/C25H27N7O/c1-5-19-8-6-7-9-22(19)28-25(33)27-21-12-10-20(11-13-21)26-23-14-15-24(30-29-23)32-18(4)16(2)17(3)31-32/h6-15H,5H2,1-4H3,(H,26,29)(H2,27,28,33). The molecular weight excluding hydrogens is 414 g/mol. The van der Waals surface area contributed by atoms with Gasteiger partial charge in [0.05, 0.1) is 5.69 Å². The second-order valence-electron chi connectivity index (χ2n) is 7.78. The molecule has 4 aromatic rings. The molecule has 3 N–H and O–H groups in total. The lowest BCUT2D eigenvalue weighted by Gasteiger charge is -2.11. The van der Waals surface area contributed by atoms with Gasteiger partial charge in [0.1, 0.15) is 0 Å². The molecule has 2 amide bonds. The van der Waals surface area contributed by atoms with Crippen LogP contribution in [0.4, 0.5) is 27.7 Å². The fourth-order valence-electron chi connectivity index (χ4n) is 3.47. The van der Waals surface area contributed by atoms with Crippen molar-refractivity contribution in [3.63, 3.8) is 0 Å². The molecule has 0 aliphatic heterocycles. The summed E-state index contributed by atoms with van der Waals surface area (Å²) >= 11 is 0. The molecule has 2 heterocycles. The molecule has 0 saturated carbocycles. The first-order valence-corrected chi connectivity index (χ1v) is 10.8. The minimum absolute atomic E-state index is 0.280. The van der Waals surface area contributed by atoms with Crippen LogP contribution in [0.3, 0.4) is 0 Å². The monoisotopic (exact) mass is 441 g/mol. The molecule has 2 aromatic carbocycles. The van der Waals surface area contributed by atoms with Crippen molar-refractivity contribution in [1.82, 2.24) is 20.0 Å². The van der Waals surface area contributed by atoms with Crippen LogP contribution in [0.15, 0.2) is 60.7 Å². The number of rotatable bonds is 6. The van der Waals surface area contributed by atoms with Gasteiger partial charge in [0.15, 0.2) is 11.6 Å². The molecular formula is C25H27N7O. The van der Waals surface area contributed by atoms with Crippen molar-refractivity contribution in [1.29, 1.82) is 0 Å². The van der Waals surface area contributed by atoms with E-state index in [0.29, 0.717) is 17.3 Å². The number of carbonyl (C=O) groups is 1. The number of carbonyl (C=O) groups excluding carboxylic acids is 1. The lowest BCUT2D eigenvalue weighted by atomic mass is 10.1. The Kier molecular flexibility index (Phi) is 6.35. The second kappa shape index (κ2) is 9.52. The van der Waals surface area contributed by atoms with E-state index in [2.05, 4.69) is 38.2 Å². The van der Waals surface area contributed by atoms with E-state index in [-0.39, 0.29) is 6.03 Å². The summed E-state index contributed by atoms with van der Waals surface area (Å²) in [6.45, 7) is 8.10. The zero-order valence-electron chi connectivity index (χ0n) is 19.2. The SMILES string of the molecule is CCc1ccccc1NC(=O)Nc1ccc(Nc2ccc(-n3nc(C)c(C)c3C)nn2)cc1. The Morgan fingerprint density at radius 2 is 1.61 bits per heavy atom. The van der Waals surface area contributed by atoms with Crippen LogP contribution >= 0.6 is 0 Å². The molecule has 0 bridgehead atoms. The number of para-hydroxylation sites is 1. The third kappa shape index (κ3) is 5.01. The molecule has 168 valence electrons. The maximum Gasteiger partial charge on any atom is 0.323 e. The Morgan fingerprint density at radius 3 is 2.24 bits per heavy atom. The molecule has 2 aromatic heterocycles. The predicted octanol–water partition coefficient (Wildman–Crippen LogP) is 5.54. The van der Waals surface area contributed by atoms with E-state index in [9.17, 15) is 4.79 Å². The number of nitrogens with one attached hydrogen (secondary N) is 3. The quantitative estimate of drug-likeness (QED) is 0.365. The Hall–Kier alpha value is -4.20. The van der Waals surface area contributed by atoms with Crippen molar-refractivity contribution in [2.24, 2.45) is 0 Å². The first-order valence-electron chi connectivity index (χ1n) is 10.8. The highest BCUT2D eigenvalue weighted by molar-refractivity contribution is 6.00. The second-order valence-corrected chi connectivity index (χ2v) is 7.78. The van der Waals surface area contributed by atoms with E-state index >= 15 is 0 Å². The lowest BCUT2D eigenvalue weighted by Crippen LogP contribution is -2.20. The molecule has 0 unspecified atom stereocenters. The van der Waals surface area contributed by atoms with Gasteiger partial charge in [-0.25, -0.2) is 9.48 Å². The molecule has 8 nitrogen and oxygen atoms in total. The fourth-order valence-corrected chi connectivity index (χ4v) is 3.47. The van der Waals surface area contributed by atoms with Crippen molar-refractivity contribution >= 4 is 28.9 Å². The van der Waals surface area contributed by atoms with Gasteiger partial charge in [-0.15, -0.1) is 10.2 Å². The maximum atomic E-state index is 12.4. The van der Waals surface area contributed by atoms with Crippen LogP contribution in [0.2, 0.25) is 0 Å². The summed E-state index contributed by atoms with van der Waals surface area (Å²) in [6.07, 6.45) is 0.849. The molecule has 0 spiro atoms. The predicted molar refractivity (Wildman–Crippen MR) is 132 cm³/mol. The summed E-state index contributed by atoms with van der Waals surface area (Å²) in [4.78, 5) is 12.4. The van der Waals surface area contributed by atoms with Gasteiger partial charge >= 0.3 is 6.03 Å². The Morgan fingerprint density at radius 1 is 0.879 bits per heavy atom. The average Bonchev–Trinajstić information content (AvgIpc) is 3.08. The van der Waals surface area contributed by atoms with Gasteiger partial charge in [-0.1, -0.05) is 25.1 Å². The van der Waals surface area contributed by atoms with Crippen LogP contribution in [0.1, 0.15) is 29.4 Å². The van der Waals surface area contributed by atoms with E-state index in [1.807, 2.05) is 81.4 Å². The van der Waals surface area contributed by atoms with Crippen molar-refractivity contribution in [3.8, 4) is 5.82 Å². The van der Waals surface area contributed by atoms with Gasteiger partial charge in [-0.2, -0.15) is 5.10 Å². The van der Waals surface area contributed by atoms with E-state index in [1.54, 1.807) is 4.68 Å². The minimum atomic E-state index is -0.280. The first kappa shape index (κ1) is 22.0. The molecule has 33 heavy (non-hydrogen) atoms. The fraction of sp³-hybridized carbons (Fsp3) is 0.200. The summed E-state index contributed by atoms with van der Waals surface area (Å²) in [6, 6.07) is 18.6. The summed E-state index contributed by atoms with van der Waals surface area (Å²) in [5.41, 5.74) is 6.60. The zero-order chi connectivity index (χ0) is 23.4. The number of aromatic nitrogens is 4. The van der Waals surface area contributed by atoms with Gasteiger partial charge < -0.3 is 16.0 Å². The van der Waals surface area contributed by atoms with Crippen molar-refractivity contribution in [2.45, 2.75) is 34.1 Å². The smallest absolute Gasteiger partial charge is 0.323 e. The normalized spacial score (nSPS) is 10.7. The van der Waals surface area contributed by atoms with Crippen LogP contribution in [0.25, 0.3) is 5.82 Å². The van der Waals surface area contributed by atoms with Gasteiger partial charge in [0.25, 0.3) is 0 Å².